The molecule has 1 unspecified atom stereocenters. The van der Waals surface area contributed by atoms with E-state index in [9.17, 15) is 4.79 Å². The van der Waals surface area contributed by atoms with Gasteiger partial charge in [0.05, 0.1) is 25.0 Å². The molecular formula is C20H25N3O2. The van der Waals surface area contributed by atoms with E-state index in [0.29, 0.717) is 19.1 Å². The molecule has 132 valence electrons. The highest BCUT2D eigenvalue weighted by Crippen LogP contribution is 2.29. The second kappa shape index (κ2) is 7.40. The number of rotatable bonds is 5. The molecule has 5 heteroatoms. The maximum absolute atomic E-state index is 13.2. The Morgan fingerprint density at radius 3 is 2.88 bits per heavy atom. The third kappa shape index (κ3) is 3.61. The van der Waals surface area contributed by atoms with Crippen molar-refractivity contribution in [3.8, 4) is 0 Å². The zero-order valence-electron chi connectivity index (χ0n) is 14.5. The van der Waals surface area contributed by atoms with E-state index in [1.165, 1.54) is 31.2 Å². The van der Waals surface area contributed by atoms with E-state index in [1.807, 2.05) is 41.4 Å². The molecule has 1 aliphatic carbocycles. The molecule has 0 bridgehead atoms. The zero-order chi connectivity index (χ0) is 17.1. The summed E-state index contributed by atoms with van der Waals surface area (Å²) in [5.41, 5.74) is 3.20. The number of aromatic amines is 1. The van der Waals surface area contributed by atoms with Gasteiger partial charge in [0.15, 0.2) is 6.10 Å². The van der Waals surface area contributed by atoms with Crippen LogP contribution in [0.15, 0.2) is 36.5 Å². The van der Waals surface area contributed by atoms with E-state index in [2.05, 4.69) is 10.2 Å². The van der Waals surface area contributed by atoms with Crippen LogP contribution in [0.5, 0.6) is 0 Å². The molecule has 2 heterocycles. The summed E-state index contributed by atoms with van der Waals surface area (Å²) in [7, 11) is 0. The highest BCUT2D eigenvalue weighted by atomic mass is 16.5. The van der Waals surface area contributed by atoms with Crippen molar-refractivity contribution >= 4 is 5.91 Å². The van der Waals surface area contributed by atoms with Crippen LogP contribution in [0.4, 0.5) is 0 Å². The average molecular weight is 339 g/mol. The minimum Gasteiger partial charge on any atom is -0.363 e. The van der Waals surface area contributed by atoms with Crippen LogP contribution in [-0.4, -0.2) is 34.2 Å². The first-order chi connectivity index (χ1) is 12.3. The summed E-state index contributed by atoms with van der Waals surface area (Å²) < 4.78 is 6.18. The molecule has 2 aliphatic rings. The molecule has 25 heavy (non-hydrogen) atoms. The number of nitrogens with zero attached hydrogens (tertiary/aromatic N) is 2. The lowest BCUT2D eigenvalue weighted by Crippen LogP contribution is -2.40. The summed E-state index contributed by atoms with van der Waals surface area (Å²) in [5, 5.41) is 7.11. The van der Waals surface area contributed by atoms with Crippen molar-refractivity contribution in [2.75, 3.05) is 13.2 Å². The molecule has 1 atom stereocenters. The second-order valence-corrected chi connectivity index (χ2v) is 7.16. The second-order valence-electron chi connectivity index (χ2n) is 7.16. The zero-order valence-corrected chi connectivity index (χ0v) is 14.5. The van der Waals surface area contributed by atoms with Crippen LogP contribution < -0.4 is 0 Å². The van der Waals surface area contributed by atoms with Gasteiger partial charge in [0.25, 0.3) is 5.91 Å². The minimum absolute atomic E-state index is 0.0597. The predicted octanol–water partition coefficient (Wildman–Crippen LogP) is 3.24. The lowest BCUT2D eigenvalue weighted by atomic mass is 10.0. The number of fused-ring (bicyclic) bond motifs is 1. The summed E-state index contributed by atoms with van der Waals surface area (Å²) in [6.45, 7) is 1.99. The Bertz CT molecular complexity index is 707. The average Bonchev–Trinajstić information content (AvgIpc) is 3.33. The molecule has 1 amide bonds. The van der Waals surface area contributed by atoms with Crippen molar-refractivity contribution in [2.24, 2.45) is 5.92 Å². The van der Waals surface area contributed by atoms with Crippen LogP contribution in [-0.2, 0) is 22.5 Å². The van der Waals surface area contributed by atoms with Crippen molar-refractivity contribution in [3.05, 3.63) is 53.3 Å². The lowest BCUT2D eigenvalue weighted by Gasteiger charge is -2.30. The number of hydrogen-bond donors (Lipinski definition) is 1. The van der Waals surface area contributed by atoms with Crippen LogP contribution in [0, 0.1) is 5.92 Å². The van der Waals surface area contributed by atoms with Gasteiger partial charge < -0.3 is 9.64 Å². The molecule has 0 spiro atoms. The number of benzene rings is 1. The van der Waals surface area contributed by atoms with Crippen LogP contribution in [0.25, 0.3) is 0 Å². The molecule has 1 aromatic heterocycles. The highest BCUT2D eigenvalue weighted by Gasteiger charge is 2.30. The van der Waals surface area contributed by atoms with Crippen molar-refractivity contribution in [1.82, 2.24) is 15.1 Å². The van der Waals surface area contributed by atoms with Gasteiger partial charge in [0.1, 0.15) is 0 Å². The Balaban J connectivity index is 1.49. The monoisotopic (exact) mass is 339 g/mol. The van der Waals surface area contributed by atoms with Crippen molar-refractivity contribution < 1.29 is 9.53 Å². The fourth-order valence-corrected chi connectivity index (χ4v) is 3.92. The summed E-state index contributed by atoms with van der Waals surface area (Å²) in [4.78, 5) is 15.1. The maximum atomic E-state index is 13.2. The largest absolute Gasteiger partial charge is 0.363 e. The van der Waals surface area contributed by atoms with Gasteiger partial charge in [-0.25, -0.2) is 0 Å². The number of nitrogens with one attached hydrogen (secondary N) is 1. The standard InChI is InChI=1S/C20H25N3O2/c24-20(23-11-10-17-12-21-22-18(17)13-23)19(16-8-2-1-3-9-16)25-14-15-6-4-5-7-15/h1-3,8-9,12,15,19H,4-7,10-11,13-14H2,(H,21,22). The van der Waals surface area contributed by atoms with Crippen LogP contribution >= 0.6 is 0 Å². The Hall–Kier alpha value is -2.14. The first-order valence-electron chi connectivity index (χ1n) is 9.27. The Labute approximate surface area is 148 Å². The van der Waals surface area contributed by atoms with E-state index in [4.69, 9.17) is 4.74 Å². The van der Waals surface area contributed by atoms with E-state index in [1.54, 1.807) is 0 Å². The lowest BCUT2D eigenvalue weighted by molar-refractivity contribution is -0.146. The van der Waals surface area contributed by atoms with Gasteiger partial charge in [-0.05, 0) is 36.3 Å². The molecule has 5 nitrogen and oxygen atoms in total. The predicted molar refractivity (Wildman–Crippen MR) is 94.8 cm³/mol. The van der Waals surface area contributed by atoms with E-state index in [-0.39, 0.29) is 5.91 Å². The van der Waals surface area contributed by atoms with Crippen molar-refractivity contribution in [1.29, 1.82) is 0 Å². The topological polar surface area (TPSA) is 58.2 Å². The van der Waals surface area contributed by atoms with Gasteiger partial charge in [-0.1, -0.05) is 43.2 Å². The highest BCUT2D eigenvalue weighted by molar-refractivity contribution is 5.82. The van der Waals surface area contributed by atoms with Crippen LogP contribution in [0.1, 0.15) is 48.6 Å². The summed E-state index contributed by atoms with van der Waals surface area (Å²) in [6, 6.07) is 9.89. The SMILES string of the molecule is O=C(C(OCC1CCCC1)c1ccccc1)N1CCc2cn[nH]c2C1. The van der Waals surface area contributed by atoms with Crippen LogP contribution in [0.2, 0.25) is 0 Å². The third-order valence-electron chi connectivity index (χ3n) is 5.42. The van der Waals surface area contributed by atoms with Gasteiger partial charge in [-0.3, -0.25) is 9.89 Å². The maximum Gasteiger partial charge on any atom is 0.256 e. The van der Waals surface area contributed by atoms with Gasteiger partial charge in [0.2, 0.25) is 0 Å². The fraction of sp³-hybridized carbons (Fsp3) is 0.500. The number of carbonyl (C=O) groups excluding carboxylic acids is 1. The molecule has 0 radical (unpaired) electrons. The van der Waals surface area contributed by atoms with E-state index < -0.39 is 6.10 Å². The molecule has 2 aromatic rings. The normalized spacial score (nSPS) is 19.0. The van der Waals surface area contributed by atoms with E-state index >= 15 is 0 Å². The van der Waals surface area contributed by atoms with Gasteiger partial charge in [-0.15, -0.1) is 0 Å². The quantitative estimate of drug-likeness (QED) is 0.910. The first kappa shape index (κ1) is 16.3. The number of H-pyrrole nitrogens is 1. The summed E-state index contributed by atoms with van der Waals surface area (Å²) in [5.74, 6) is 0.657. The first-order valence-corrected chi connectivity index (χ1v) is 9.27. The number of aromatic nitrogens is 2. The van der Waals surface area contributed by atoms with Crippen molar-refractivity contribution in [2.45, 2.75) is 44.8 Å². The molecule has 1 fully saturated rings. The molecule has 0 saturated heterocycles. The smallest absolute Gasteiger partial charge is 0.256 e. The molecular weight excluding hydrogens is 314 g/mol. The van der Waals surface area contributed by atoms with E-state index in [0.717, 1.165) is 24.2 Å². The number of amides is 1. The number of carbonyl (C=O) groups is 1. The Morgan fingerprint density at radius 2 is 2.08 bits per heavy atom. The molecule has 1 saturated carbocycles. The Morgan fingerprint density at radius 1 is 1.28 bits per heavy atom. The molecule has 1 aromatic carbocycles. The van der Waals surface area contributed by atoms with Crippen LogP contribution in [0.3, 0.4) is 0 Å². The van der Waals surface area contributed by atoms with Gasteiger partial charge >= 0.3 is 0 Å². The third-order valence-corrected chi connectivity index (χ3v) is 5.42. The van der Waals surface area contributed by atoms with Crippen molar-refractivity contribution in [3.63, 3.8) is 0 Å². The fourth-order valence-electron chi connectivity index (χ4n) is 3.92. The Kier molecular flexibility index (Phi) is 4.83. The van der Waals surface area contributed by atoms with Gasteiger partial charge in [0, 0.05) is 6.54 Å². The van der Waals surface area contributed by atoms with Gasteiger partial charge in [-0.2, -0.15) is 5.10 Å². The molecule has 1 aliphatic heterocycles. The summed E-state index contributed by atoms with van der Waals surface area (Å²) >= 11 is 0. The number of ether oxygens (including phenoxy) is 1. The summed E-state index contributed by atoms with van der Waals surface area (Å²) in [6.07, 6.45) is 7.21. The minimum atomic E-state index is -0.508. The number of hydrogen-bond acceptors (Lipinski definition) is 3. The molecule has 4 rings (SSSR count). The molecule has 1 N–H and O–H groups in total.